The fraction of sp³-hybridized carbons (Fsp3) is 0.100. The van der Waals surface area contributed by atoms with Crippen LogP contribution in [-0.2, 0) is 0 Å². The zero-order chi connectivity index (χ0) is 11.3. The van der Waals surface area contributed by atoms with Crippen molar-refractivity contribution in [3.8, 4) is 0 Å². The molecule has 0 aliphatic heterocycles. The maximum absolute atomic E-state index is 4.66. The van der Waals surface area contributed by atoms with Crippen molar-refractivity contribution < 1.29 is 0 Å². The number of rotatable bonds is 1. The Morgan fingerprint density at radius 3 is 2.94 bits per heavy atom. The van der Waals surface area contributed by atoms with Gasteiger partial charge < -0.3 is 0 Å². The second kappa shape index (κ2) is 4.00. The van der Waals surface area contributed by atoms with Crippen LogP contribution in [0.4, 0.5) is 0 Å². The van der Waals surface area contributed by atoms with E-state index in [9.17, 15) is 0 Å². The van der Waals surface area contributed by atoms with E-state index in [1.54, 1.807) is 22.7 Å². The molecule has 0 N–H and O–H groups in total. The van der Waals surface area contributed by atoms with E-state index in [1.807, 2.05) is 0 Å². The predicted molar refractivity (Wildman–Crippen MR) is 75.4 cm³/mol. The van der Waals surface area contributed by atoms with E-state index in [0.29, 0.717) is 0 Å². The predicted octanol–water partition coefficient (Wildman–Crippen LogP) is 0.770. The molecule has 0 saturated heterocycles. The number of aryl methyl sites for hydroxylation is 1. The second-order valence-electron chi connectivity index (χ2n) is 3.50. The van der Waals surface area contributed by atoms with Gasteiger partial charge in [-0.05, 0) is 0 Å². The number of benzene rings is 1. The van der Waals surface area contributed by atoms with Gasteiger partial charge in [0.2, 0.25) is 0 Å². The summed E-state index contributed by atoms with van der Waals surface area (Å²) < 4.78 is 4.72. The van der Waals surface area contributed by atoms with Crippen LogP contribution in [-0.4, -0.2) is 46.4 Å². The molecule has 0 unspecified atom stereocenters. The van der Waals surface area contributed by atoms with Crippen molar-refractivity contribution in [2.75, 3.05) is 0 Å². The van der Waals surface area contributed by atoms with Gasteiger partial charge in [-0.1, -0.05) is 0 Å². The van der Waals surface area contributed by atoms with Crippen molar-refractivity contribution >= 4 is 87.3 Å². The molecule has 0 saturated carbocycles. The molecular weight excluding hydrogens is 266 g/mol. The van der Waals surface area contributed by atoms with Crippen molar-refractivity contribution in [1.82, 2.24) is 9.97 Å². The van der Waals surface area contributed by atoms with Crippen molar-refractivity contribution in [2.24, 2.45) is 0 Å². The van der Waals surface area contributed by atoms with Crippen molar-refractivity contribution in [2.45, 2.75) is 6.92 Å². The van der Waals surface area contributed by atoms with Crippen molar-refractivity contribution in [3.63, 3.8) is 0 Å². The van der Waals surface area contributed by atoms with Crippen molar-refractivity contribution in [3.05, 3.63) is 11.6 Å². The van der Waals surface area contributed by atoms with Gasteiger partial charge in [-0.3, -0.25) is 0 Å². The summed E-state index contributed by atoms with van der Waals surface area (Å²) in [6.45, 7) is 2.13. The first-order chi connectivity index (χ1) is 7.69. The zero-order valence-electron chi connectivity index (χ0n) is 8.65. The standard InChI is InChI=1S/C9H4N2S2.CH2.2Al/c1-5-8-7(12-4-11-8)2-6-9(5)13-3-10-6;;;/h2H,1H3;1H2;;. The molecule has 2 nitrogen and oxygen atoms in total. The molecule has 6 heteroatoms. The van der Waals surface area contributed by atoms with Crippen LogP contribution < -0.4 is 7.74 Å². The van der Waals surface area contributed by atoms with Crippen LogP contribution in [0, 0.1) is 6.92 Å². The van der Waals surface area contributed by atoms with Crippen LogP contribution in [0.5, 0.6) is 0 Å². The first kappa shape index (κ1) is 11.0. The van der Waals surface area contributed by atoms with E-state index in [2.05, 4.69) is 44.6 Å². The summed E-state index contributed by atoms with van der Waals surface area (Å²) in [5.41, 5.74) is 3.49. The molecule has 0 amide bonds. The molecule has 0 aliphatic rings. The first-order valence-electron chi connectivity index (χ1n) is 4.77. The number of hydrogen-bond donors (Lipinski definition) is 0. The number of thiazole rings is 2. The maximum atomic E-state index is 4.66. The van der Waals surface area contributed by atoms with Gasteiger partial charge in [-0.15, -0.1) is 0 Å². The average Bonchev–Trinajstić information content (AvgIpc) is 2.81. The summed E-state index contributed by atoms with van der Waals surface area (Å²) in [7, 11) is 0. The van der Waals surface area contributed by atoms with Gasteiger partial charge in [0.1, 0.15) is 0 Å². The number of aromatic nitrogens is 2. The molecule has 0 bridgehead atoms. The molecule has 0 aliphatic carbocycles. The van der Waals surface area contributed by atoms with E-state index in [-0.39, 0.29) is 14.8 Å². The van der Waals surface area contributed by atoms with Gasteiger partial charge in [0.05, 0.1) is 0 Å². The molecule has 0 spiro atoms. The van der Waals surface area contributed by atoms with Crippen LogP contribution in [0.1, 0.15) is 5.56 Å². The molecule has 74 valence electrons. The Labute approximate surface area is 115 Å². The summed E-state index contributed by atoms with van der Waals surface area (Å²) >= 11 is 6.21. The SMILES string of the molecule is [CH2]=[Al][c]1nc2c(C)c3s[c]([Al])nc3cc2s1. The van der Waals surface area contributed by atoms with Crippen LogP contribution in [0.3, 0.4) is 0 Å². The third-order valence-electron chi connectivity index (χ3n) is 2.48. The normalized spacial score (nSPS) is 11.1. The molecule has 0 fully saturated rings. The topological polar surface area (TPSA) is 25.8 Å². The Hall–Kier alpha value is -0.0651. The van der Waals surface area contributed by atoms with Crippen LogP contribution in [0.25, 0.3) is 20.4 Å². The summed E-state index contributed by atoms with van der Waals surface area (Å²) in [6.07, 6.45) is 0. The molecule has 2 heterocycles. The monoisotopic (exact) mass is 272 g/mol. The molecule has 3 aromatic rings. The van der Waals surface area contributed by atoms with Gasteiger partial charge in [0, 0.05) is 0 Å². The van der Waals surface area contributed by atoms with Crippen LogP contribution >= 0.6 is 22.7 Å². The molecule has 1 aromatic carbocycles. The van der Waals surface area contributed by atoms with E-state index < -0.39 is 0 Å². The fourth-order valence-electron chi connectivity index (χ4n) is 1.75. The summed E-state index contributed by atoms with van der Waals surface area (Å²) in [6, 6.07) is 2.15. The number of fused-ring (bicyclic) bond motifs is 2. The minimum atomic E-state index is 0.0656. The van der Waals surface area contributed by atoms with Gasteiger partial charge in [0.25, 0.3) is 0 Å². The molecule has 16 heavy (non-hydrogen) atoms. The van der Waals surface area contributed by atoms with Crippen LogP contribution in [0.15, 0.2) is 6.07 Å². The third kappa shape index (κ3) is 1.62. The quantitative estimate of drug-likeness (QED) is 0.612. The second-order valence-corrected chi connectivity index (χ2v) is 7.94. The van der Waals surface area contributed by atoms with E-state index in [4.69, 9.17) is 0 Å². The Kier molecular flexibility index (Phi) is 2.76. The molecule has 2 radical (unpaired) electrons. The van der Waals surface area contributed by atoms with Crippen molar-refractivity contribution in [1.29, 1.82) is 0 Å². The Morgan fingerprint density at radius 2 is 2.19 bits per heavy atom. The number of nitrogens with zero attached hydrogens (tertiary/aromatic N) is 2. The van der Waals surface area contributed by atoms with E-state index >= 15 is 0 Å². The minimum absolute atomic E-state index is 0.0656. The van der Waals surface area contributed by atoms with Gasteiger partial charge >= 0.3 is 116 Å². The molecule has 3 rings (SSSR count). The Balaban J connectivity index is 2.50. The molecule has 0 atom stereocenters. The fourth-order valence-corrected chi connectivity index (χ4v) is 4.82. The summed E-state index contributed by atoms with van der Waals surface area (Å²) in [5, 5.41) is 3.97. The van der Waals surface area contributed by atoms with Gasteiger partial charge in [-0.25, -0.2) is 0 Å². The Morgan fingerprint density at radius 1 is 1.38 bits per heavy atom. The zero-order valence-corrected chi connectivity index (χ0v) is 12.6. The average molecular weight is 272 g/mol. The summed E-state index contributed by atoms with van der Waals surface area (Å²) in [4.78, 5) is 9.17. The van der Waals surface area contributed by atoms with Gasteiger partial charge in [-0.2, -0.15) is 0 Å². The van der Waals surface area contributed by atoms with Crippen LogP contribution in [0.2, 0.25) is 0 Å². The molecular formula is C10H6Al2N2S2. The first-order valence-corrected chi connectivity index (χ1v) is 8.38. The number of hydrogen-bond acceptors (Lipinski definition) is 4. The van der Waals surface area contributed by atoms with E-state index in [1.165, 1.54) is 18.8 Å². The molecule has 2 aromatic heterocycles. The Bertz CT molecular complexity index is 714. The summed E-state index contributed by atoms with van der Waals surface area (Å²) in [5.74, 6) is 0. The third-order valence-corrected chi connectivity index (χ3v) is 6.14. The van der Waals surface area contributed by atoms with Gasteiger partial charge in [0.15, 0.2) is 0 Å². The van der Waals surface area contributed by atoms with E-state index in [0.717, 1.165) is 14.9 Å².